The van der Waals surface area contributed by atoms with Crippen LogP contribution in [0.4, 0.5) is 0 Å². The average Bonchev–Trinajstić information content (AvgIpc) is 2.34. The zero-order valence-electron chi connectivity index (χ0n) is 23.5. The maximum Gasteiger partial charge on any atom is 4.00 e. The number of hydrogen-bond donors (Lipinski definition) is 0. The van der Waals surface area contributed by atoms with Crippen LogP contribution >= 0.6 is 78.2 Å². The third-order valence-electron chi connectivity index (χ3n) is 0. The van der Waals surface area contributed by atoms with Gasteiger partial charge in [-0.2, -0.15) is 78.2 Å². The van der Waals surface area contributed by atoms with E-state index in [1.54, 1.807) is 0 Å². The molecule has 0 N–H and O–H groups in total. The van der Waals surface area contributed by atoms with E-state index in [4.69, 9.17) is 192 Å². The Balaban J connectivity index is -0.0000000224. The molecule has 0 spiro atoms. The zero-order chi connectivity index (χ0) is 45.0. The predicted octanol–water partition coefficient (Wildman–Crippen LogP) is -28.3. The van der Waals surface area contributed by atoms with E-state index in [9.17, 15) is 0 Å². The molecule has 0 bridgehead atoms. The van der Waals surface area contributed by atoms with E-state index in [2.05, 4.69) is 0 Å². The van der Waals surface area contributed by atoms with Crippen molar-refractivity contribution in [1.82, 2.24) is 0 Å². The van der Waals surface area contributed by atoms with Gasteiger partial charge in [0.05, 0.1) is 0 Å². The monoisotopic (exact) mass is 1650 g/mol. The normalized spacial score (nSPS) is 10.5. The summed E-state index contributed by atoms with van der Waals surface area (Å²) in [6, 6.07) is 0. The van der Waals surface area contributed by atoms with Crippen LogP contribution in [0, 0.1) is 0 Å². The summed E-state index contributed by atoms with van der Waals surface area (Å²) in [4.78, 5) is 256. The molecule has 0 heterocycles. The molecule has 0 aliphatic rings. The van der Waals surface area contributed by atoms with Crippen molar-refractivity contribution in [3.63, 3.8) is 0 Å². The first kappa shape index (κ1) is 109. The van der Waals surface area contributed by atoms with E-state index < -0.39 is 78.2 Å². The van der Waals surface area contributed by atoms with Crippen LogP contribution in [0.3, 0.4) is 0 Å². The zero-order valence-corrected chi connectivity index (χ0v) is 46.0. The maximum absolute atomic E-state index is 8.55. The first-order valence-corrected chi connectivity index (χ1v) is 21.9. The van der Waals surface area contributed by atoms with Crippen LogP contribution in [0.1, 0.15) is 0 Å². The summed E-state index contributed by atoms with van der Waals surface area (Å²) in [7, 11) is -53.9. The van der Waals surface area contributed by atoms with Gasteiger partial charge >= 0.3 is 65.2 Å². The molecule has 0 aliphatic carbocycles. The standard InChI is InChI=1S/10H3O4P.3Ti.3W/c10*1-5(2,3)4;;;;;;/h10*(H3,1,2,3,4);;;;;;/q;;;;;;;;;;3*+4;;;/p-30. The van der Waals surface area contributed by atoms with Gasteiger partial charge in [0.1, 0.15) is 0 Å². The summed E-state index contributed by atoms with van der Waals surface area (Å²) in [6.45, 7) is 0. The molecule has 0 saturated heterocycles. The van der Waals surface area contributed by atoms with Gasteiger partial charge in [0.15, 0.2) is 0 Å². The Morgan fingerprint density at radius 2 is 0.143 bits per heavy atom. The number of hydrogen-bond acceptors (Lipinski definition) is 40. The van der Waals surface area contributed by atoms with Crippen molar-refractivity contribution in [3.05, 3.63) is 0 Å². The molecule has 0 aromatic rings. The Morgan fingerprint density at radius 1 is 0.143 bits per heavy atom. The second kappa shape index (κ2) is 49.7. The molecule has 0 rings (SSSR count). The largest absolute Gasteiger partial charge is 4.00 e. The minimum absolute atomic E-state index is 0. The molecule has 0 fully saturated rings. The number of rotatable bonds is 0. The van der Waals surface area contributed by atoms with E-state index in [1.807, 2.05) is 0 Å². The molecule has 40 nitrogen and oxygen atoms in total. The SMILES string of the molecule is O=P([O-])([O-])[O-].O=P([O-])([O-])[O-].O=P([O-])([O-])[O-].O=P([O-])([O-])[O-].O=P([O-])([O-])[O-].O=P([O-])([O-])[O-].O=P([O-])([O-])[O-].O=P([O-])([O-])[O-].O=P([O-])([O-])[O-].O=P([O-])([O-])[O-].[Ti+4].[Ti+4].[Ti+4].[W].[W].[W]. The van der Waals surface area contributed by atoms with Gasteiger partial charge in [-0.05, 0) is 0 Å². The van der Waals surface area contributed by atoms with Gasteiger partial charge in [0.2, 0.25) is 0 Å². The third kappa shape index (κ3) is 7160. The third-order valence-corrected chi connectivity index (χ3v) is 0. The molecule has 56 heavy (non-hydrogen) atoms. The summed E-state index contributed by atoms with van der Waals surface area (Å²) in [5.41, 5.74) is 0. The molecule has 0 amide bonds. The van der Waals surface area contributed by atoms with E-state index in [0.29, 0.717) is 0 Å². The molecule has 0 atom stereocenters. The molecular weight excluding hydrogens is 1640 g/mol. The van der Waals surface area contributed by atoms with E-state index in [1.165, 1.54) is 0 Å². The van der Waals surface area contributed by atoms with Crippen LogP contribution in [-0.4, -0.2) is 0 Å². The van der Waals surface area contributed by atoms with Crippen LogP contribution in [0.25, 0.3) is 0 Å². The van der Waals surface area contributed by atoms with Crippen LogP contribution in [0.5, 0.6) is 0 Å². The summed E-state index contributed by atoms with van der Waals surface area (Å²) < 4.78 is 85.5. The fraction of sp³-hybridized carbons (Fsp3) is 0. The second-order valence-electron chi connectivity index (χ2n) is 4.47. The Kier molecular flexibility index (Phi) is 96.5. The molecule has 0 aromatic heterocycles. The smallest absolute Gasteiger partial charge is 0.822 e. The summed E-state index contributed by atoms with van der Waals surface area (Å²) in [5.74, 6) is 0. The summed E-state index contributed by atoms with van der Waals surface area (Å²) >= 11 is 0. The van der Waals surface area contributed by atoms with Gasteiger partial charge < -0.3 is 192 Å². The molecule has 0 radical (unpaired) electrons. The predicted molar refractivity (Wildman–Crippen MR) is 76.1 cm³/mol. The van der Waals surface area contributed by atoms with Gasteiger partial charge in [-0.25, -0.2) is 0 Å². The topological polar surface area (TPSA) is 862 Å². The molecule has 0 saturated carbocycles. The fourth-order valence-corrected chi connectivity index (χ4v) is 0. The van der Waals surface area contributed by atoms with Crippen molar-refractivity contribution in [1.29, 1.82) is 0 Å². The molecular formula is O40P10Ti3W3-18. The summed E-state index contributed by atoms with van der Waals surface area (Å²) in [6.07, 6.45) is 0. The van der Waals surface area contributed by atoms with Gasteiger partial charge in [0, 0.05) is 63.2 Å². The molecule has 338 valence electrons. The second-order valence-corrected chi connectivity index (χ2v) is 13.4. The molecule has 0 aliphatic heterocycles. The first-order chi connectivity index (χ1) is 20.0. The minimum atomic E-state index is -5.39. The van der Waals surface area contributed by atoms with Crippen molar-refractivity contribution in [2.24, 2.45) is 0 Å². The van der Waals surface area contributed by atoms with Gasteiger partial charge in [-0.3, -0.25) is 0 Å². The van der Waals surface area contributed by atoms with Crippen molar-refractivity contribution in [2.75, 3.05) is 0 Å². The quantitative estimate of drug-likeness (QED) is 0.160. The van der Waals surface area contributed by atoms with Gasteiger partial charge in [-0.15, -0.1) is 0 Å². The van der Waals surface area contributed by atoms with E-state index in [-0.39, 0.29) is 128 Å². The van der Waals surface area contributed by atoms with Crippen molar-refractivity contribution >= 4 is 78.2 Å². The molecule has 56 heteroatoms. The number of phosphoric acid groups is 10. The Bertz CT molecular complexity index is 864. The van der Waals surface area contributed by atoms with E-state index in [0.717, 1.165) is 0 Å². The van der Waals surface area contributed by atoms with Crippen LogP contribution in [-0.2, 0) is 174 Å². The van der Waals surface area contributed by atoms with Crippen molar-refractivity contribution in [2.45, 2.75) is 0 Å². The molecule has 0 unspecified atom stereocenters. The average molecular weight is 1640 g/mol. The van der Waals surface area contributed by atoms with Crippen molar-refractivity contribution < 1.29 is 321 Å². The van der Waals surface area contributed by atoms with Crippen molar-refractivity contribution in [3.8, 4) is 0 Å². The van der Waals surface area contributed by atoms with Crippen LogP contribution in [0.15, 0.2) is 0 Å². The van der Waals surface area contributed by atoms with Gasteiger partial charge in [-0.1, -0.05) is 0 Å². The van der Waals surface area contributed by atoms with E-state index >= 15 is 0 Å². The van der Waals surface area contributed by atoms with Gasteiger partial charge in [0.25, 0.3) is 0 Å². The first-order valence-electron chi connectivity index (χ1n) is 7.30. The maximum atomic E-state index is 8.55. The van der Waals surface area contributed by atoms with Crippen LogP contribution in [0.2, 0.25) is 0 Å². The Labute approximate surface area is 395 Å². The summed E-state index contributed by atoms with van der Waals surface area (Å²) in [5, 5.41) is 0. The Hall–Kier alpha value is 5.31. The Morgan fingerprint density at radius 3 is 0.143 bits per heavy atom. The minimum Gasteiger partial charge on any atom is -0.822 e. The van der Waals surface area contributed by atoms with Crippen LogP contribution < -0.4 is 147 Å². The molecule has 0 aromatic carbocycles. The fourth-order valence-electron chi connectivity index (χ4n) is 0.